The fraction of sp³-hybridized carbons (Fsp3) is 0.562. The van der Waals surface area contributed by atoms with E-state index in [1.165, 1.54) is 6.42 Å². The number of hydrogen-bond acceptors (Lipinski definition) is 1. The standard InChI is InChI=1S/C14H22N2O.C2H6/c1-4-6-7-12(3)15-14(17)16-10-8-13(5-2)9-11-16;1-2/h4,6-7,13H,1,3,5,8-11H2,2H3,(H,15,17);1-2H3/b7-6-;. The molecule has 0 saturated carbocycles. The molecule has 0 aromatic rings. The van der Waals surface area contributed by atoms with Crippen molar-refractivity contribution in [2.75, 3.05) is 13.1 Å². The van der Waals surface area contributed by atoms with Crippen LogP contribution in [0.1, 0.15) is 40.0 Å². The Bertz CT molecular complexity index is 313. The molecule has 19 heavy (non-hydrogen) atoms. The van der Waals surface area contributed by atoms with Crippen molar-refractivity contribution in [2.45, 2.75) is 40.0 Å². The molecule has 0 radical (unpaired) electrons. The quantitative estimate of drug-likeness (QED) is 0.762. The third kappa shape index (κ3) is 6.85. The number of allylic oxidation sites excluding steroid dienone is 3. The van der Waals surface area contributed by atoms with Gasteiger partial charge in [0.25, 0.3) is 0 Å². The van der Waals surface area contributed by atoms with E-state index in [4.69, 9.17) is 0 Å². The van der Waals surface area contributed by atoms with Crippen molar-refractivity contribution in [3.05, 3.63) is 37.1 Å². The highest BCUT2D eigenvalue weighted by Crippen LogP contribution is 2.19. The molecule has 1 aliphatic rings. The summed E-state index contributed by atoms with van der Waals surface area (Å²) < 4.78 is 0. The van der Waals surface area contributed by atoms with Crippen LogP contribution in [0.25, 0.3) is 0 Å². The third-order valence-electron chi connectivity index (χ3n) is 3.18. The zero-order valence-electron chi connectivity index (χ0n) is 12.6. The number of piperidine rings is 1. The van der Waals surface area contributed by atoms with E-state index in [0.29, 0.717) is 5.70 Å². The van der Waals surface area contributed by atoms with Gasteiger partial charge in [0.1, 0.15) is 0 Å². The van der Waals surface area contributed by atoms with Gasteiger partial charge in [-0.2, -0.15) is 0 Å². The Morgan fingerprint density at radius 2 is 1.95 bits per heavy atom. The number of carbonyl (C=O) groups is 1. The van der Waals surface area contributed by atoms with Crippen LogP contribution in [0, 0.1) is 5.92 Å². The second-order valence-electron chi connectivity index (χ2n) is 4.39. The number of nitrogens with one attached hydrogen (secondary N) is 1. The maximum atomic E-state index is 11.9. The summed E-state index contributed by atoms with van der Waals surface area (Å²) in [6.07, 6.45) is 8.59. The number of urea groups is 1. The number of carbonyl (C=O) groups excluding carboxylic acids is 1. The van der Waals surface area contributed by atoms with Crippen LogP contribution in [0.5, 0.6) is 0 Å². The van der Waals surface area contributed by atoms with Gasteiger partial charge in [0, 0.05) is 18.8 Å². The van der Waals surface area contributed by atoms with Crippen LogP contribution in [0.4, 0.5) is 4.79 Å². The second-order valence-corrected chi connectivity index (χ2v) is 4.39. The lowest BCUT2D eigenvalue weighted by atomic mass is 9.95. The average molecular weight is 264 g/mol. The molecule has 1 saturated heterocycles. The van der Waals surface area contributed by atoms with Crippen molar-refractivity contribution in [1.29, 1.82) is 0 Å². The number of hydrogen-bond donors (Lipinski definition) is 1. The molecule has 3 nitrogen and oxygen atoms in total. The molecule has 2 amide bonds. The molecule has 0 aromatic heterocycles. The molecule has 3 heteroatoms. The Morgan fingerprint density at radius 3 is 2.42 bits per heavy atom. The van der Waals surface area contributed by atoms with Crippen LogP contribution >= 0.6 is 0 Å². The summed E-state index contributed by atoms with van der Waals surface area (Å²) in [6, 6.07) is -0.0433. The van der Waals surface area contributed by atoms with E-state index in [2.05, 4.69) is 25.4 Å². The Hall–Kier alpha value is -1.51. The first kappa shape index (κ1) is 17.5. The highest BCUT2D eigenvalue weighted by atomic mass is 16.2. The van der Waals surface area contributed by atoms with Crippen LogP contribution in [-0.2, 0) is 0 Å². The van der Waals surface area contributed by atoms with Gasteiger partial charge in [0.15, 0.2) is 0 Å². The highest BCUT2D eigenvalue weighted by molar-refractivity contribution is 5.76. The van der Waals surface area contributed by atoms with Crippen molar-refractivity contribution >= 4 is 6.03 Å². The molecule has 0 atom stereocenters. The summed E-state index contributed by atoms with van der Waals surface area (Å²) in [5.74, 6) is 0.780. The van der Waals surface area contributed by atoms with E-state index in [9.17, 15) is 4.79 Å². The lowest BCUT2D eigenvalue weighted by Crippen LogP contribution is -2.43. The van der Waals surface area contributed by atoms with Gasteiger partial charge >= 0.3 is 6.03 Å². The monoisotopic (exact) mass is 264 g/mol. The van der Waals surface area contributed by atoms with Gasteiger partial charge in [-0.1, -0.05) is 52.5 Å². The molecule has 1 rings (SSSR count). The molecule has 0 unspecified atom stereocenters. The molecule has 0 bridgehead atoms. The normalized spacial score (nSPS) is 15.6. The molecule has 0 aromatic carbocycles. The largest absolute Gasteiger partial charge is 0.325 e. The maximum Gasteiger partial charge on any atom is 0.321 e. The lowest BCUT2D eigenvalue weighted by Gasteiger charge is -2.31. The maximum absolute atomic E-state index is 11.9. The van der Waals surface area contributed by atoms with E-state index in [1.807, 2.05) is 18.7 Å². The van der Waals surface area contributed by atoms with Crippen molar-refractivity contribution in [2.24, 2.45) is 5.92 Å². The fourth-order valence-electron chi connectivity index (χ4n) is 1.99. The second kappa shape index (κ2) is 10.4. The summed E-state index contributed by atoms with van der Waals surface area (Å²) in [5.41, 5.74) is 0.604. The van der Waals surface area contributed by atoms with Crippen LogP contribution in [0.15, 0.2) is 37.1 Å². The lowest BCUT2D eigenvalue weighted by molar-refractivity contribution is 0.172. The van der Waals surface area contributed by atoms with Crippen LogP contribution in [0.2, 0.25) is 0 Å². The van der Waals surface area contributed by atoms with Gasteiger partial charge < -0.3 is 10.2 Å². The van der Waals surface area contributed by atoms with Gasteiger partial charge in [-0.05, 0) is 24.8 Å². The number of rotatable bonds is 4. The topological polar surface area (TPSA) is 32.3 Å². The SMILES string of the molecule is C=C/C=C\C(=C)NC(=O)N1CCC(CC)CC1.CC. The fourth-order valence-corrected chi connectivity index (χ4v) is 1.99. The van der Waals surface area contributed by atoms with Crippen molar-refractivity contribution < 1.29 is 4.79 Å². The first-order chi connectivity index (χ1) is 9.17. The summed E-state index contributed by atoms with van der Waals surface area (Å²) in [6.45, 7) is 15.2. The van der Waals surface area contributed by atoms with Gasteiger partial charge in [-0.25, -0.2) is 4.79 Å². The molecule has 0 aliphatic carbocycles. The summed E-state index contributed by atoms with van der Waals surface area (Å²) in [5, 5.41) is 2.78. The average Bonchev–Trinajstić information content (AvgIpc) is 2.47. The zero-order chi connectivity index (χ0) is 14.7. The third-order valence-corrected chi connectivity index (χ3v) is 3.18. The molecule has 1 N–H and O–H groups in total. The number of amides is 2. The summed E-state index contributed by atoms with van der Waals surface area (Å²) in [7, 11) is 0. The number of likely N-dealkylation sites (tertiary alicyclic amines) is 1. The van der Waals surface area contributed by atoms with E-state index in [0.717, 1.165) is 31.8 Å². The predicted octanol–water partition coefficient (Wildman–Crippen LogP) is 4.10. The summed E-state index contributed by atoms with van der Waals surface area (Å²) in [4.78, 5) is 13.7. The van der Waals surface area contributed by atoms with Gasteiger partial charge in [-0.3, -0.25) is 0 Å². The van der Waals surface area contributed by atoms with E-state index in [-0.39, 0.29) is 6.03 Å². The zero-order valence-corrected chi connectivity index (χ0v) is 12.6. The molecule has 108 valence electrons. The van der Waals surface area contributed by atoms with Gasteiger partial charge in [0.2, 0.25) is 0 Å². The van der Waals surface area contributed by atoms with Crippen molar-refractivity contribution in [3.63, 3.8) is 0 Å². The van der Waals surface area contributed by atoms with Gasteiger partial charge in [-0.15, -0.1) is 0 Å². The van der Waals surface area contributed by atoms with Gasteiger partial charge in [0.05, 0.1) is 0 Å². The van der Waals surface area contributed by atoms with Crippen LogP contribution in [-0.4, -0.2) is 24.0 Å². The Labute approximate surface area is 118 Å². The highest BCUT2D eigenvalue weighted by Gasteiger charge is 2.21. The van der Waals surface area contributed by atoms with E-state index >= 15 is 0 Å². The Morgan fingerprint density at radius 1 is 1.37 bits per heavy atom. The number of nitrogens with zero attached hydrogens (tertiary/aromatic N) is 1. The van der Waals surface area contributed by atoms with Crippen LogP contribution < -0.4 is 5.32 Å². The summed E-state index contributed by atoms with van der Waals surface area (Å²) >= 11 is 0. The Kier molecular flexibility index (Phi) is 9.59. The van der Waals surface area contributed by atoms with E-state index in [1.54, 1.807) is 18.2 Å². The first-order valence-corrected chi connectivity index (χ1v) is 7.21. The van der Waals surface area contributed by atoms with Crippen LogP contribution in [0.3, 0.4) is 0 Å². The predicted molar refractivity (Wildman–Crippen MR) is 82.9 cm³/mol. The Balaban J connectivity index is 0.00000154. The minimum Gasteiger partial charge on any atom is -0.325 e. The van der Waals surface area contributed by atoms with E-state index < -0.39 is 0 Å². The van der Waals surface area contributed by atoms with Crippen molar-refractivity contribution in [3.8, 4) is 0 Å². The molecule has 1 heterocycles. The smallest absolute Gasteiger partial charge is 0.321 e. The molecule has 1 fully saturated rings. The minimum atomic E-state index is -0.0433. The van der Waals surface area contributed by atoms with Crippen molar-refractivity contribution in [1.82, 2.24) is 10.2 Å². The molecular formula is C16H28N2O. The molecular weight excluding hydrogens is 236 g/mol. The molecule has 1 aliphatic heterocycles. The first-order valence-electron chi connectivity index (χ1n) is 7.21. The minimum absolute atomic E-state index is 0.0433. The molecule has 0 spiro atoms.